The highest BCUT2D eigenvalue weighted by Crippen LogP contribution is 2.28. The molecule has 1 aromatic heterocycles. The zero-order valence-corrected chi connectivity index (χ0v) is 14.5. The smallest absolute Gasteiger partial charge is 0.359 e. The van der Waals surface area contributed by atoms with Gasteiger partial charge in [-0.3, -0.25) is 4.79 Å². The predicted molar refractivity (Wildman–Crippen MR) is 92.8 cm³/mol. The fourth-order valence-electron chi connectivity index (χ4n) is 3.82. The van der Waals surface area contributed by atoms with Crippen molar-refractivity contribution in [3.63, 3.8) is 0 Å². The van der Waals surface area contributed by atoms with E-state index in [0.29, 0.717) is 18.5 Å². The lowest BCUT2D eigenvalue weighted by atomic mass is 9.95. The minimum absolute atomic E-state index is 0.00330. The fraction of sp³-hybridized carbons (Fsp3) is 0.450. The molecule has 1 aromatic carbocycles. The highest BCUT2D eigenvalue weighted by atomic mass is 19.1. The van der Waals surface area contributed by atoms with Crippen LogP contribution in [0.25, 0.3) is 5.69 Å². The van der Waals surface area contributed by atoms with Crippen LogP contribution in [0.15, 0.2) is 24.3 Å². The maximum Gasteiger partial charge on any atom is 0.359 e. The van der Waals surface area contributed by atoms with Crippen molar-refractivity contribution in [3.05, 3.63) is 47.0 Å². The average molecular weight is 356 g/mol. The second-order valence-electron chi connectivity index (χ2n) is 6.98. The van der Waals surface area contributed by atoms with E-state index in [9.17, 15) is 14.0 Å². The van der Waals surface area contributed by atoms with E-state index in [1.807, 2.05) is 0 Å². The van der Waals surface area contributed by atoms with Gasteiger partial charge in [-0.2, -0.15) is 5.10 Å². The molecular weight excluding hydrogens is 335 g/mol. The first-order chi connectivity index (χ1) is 12.6. The summed E-state index contributed by atoms with van der Waals surface area (Å²) in [5.74, 6) is -0.842. The van der Waals surface area contributed by atoms with Gasteiger partial charge in [-0.1, -0.05) is 0 Å². The molecule has 1 atom stereocenters. The van der Waals surface area contributed by atoms with E-state index in [0.717, 1.165) is 55.5 Å². The third kappa shape index (κ3) is 3.16. The van der Waals surface area contributed by atoms with Gasteiger partial charge in [0.15, 0.2) is 17.6 Å². The number of carbonyl (C=O) groups is 2. The van der Waals surface area contributed by atoms with E-state index >= 15 is 0 Å². The predicted octanol–water partition coefficient (Wildman–Crippen LogP) is 3.56. The molecule has 0 saturated heterocycles. The Morgan fingerprint density at radius 3 is 2.58 bits per heavy atom. The molecule has 26 heavy (non-hydrogen) atoms. The summed E-state index contributed by atoms with van der Waals surface area (Å²) in [6, 6.07) is 6.06. The number of aromatic nitrogens is 2. The molecule has 2 aliphatic rings. The first kappa shape index (κ1) is 16.9. The van der Waals surface area contributed by atoms with Gasteiger partial charge >= 0.3 is 5.97 Å². The molecule has 1 fully saturated rings. The lowest BCUT2D eigenvalue weighted by Crippen LogP contribution is -2.30. The minimum atomic E-state index is -0.647. The zero-order chi connectivity index (χ0) is 18.1. The van der Waals surface area contributed by atoms with Crippen LogP contribution in [0.3, 0.4) is 0 Å². The minimum Gasteiger partial charge on any atom is -0.450 e. The second-order valence-corrected chi connectivity index (χ2v) is 6.98. The van der Waals surface area contributed by atoms with Crippen LogP contribution in [-0.4, -0.2) is 27.6 Å². The number of esters is 1. The van der Waals surface area contributed by atoms with Crippen LogP contribution in [0.4, 0.5) is 4.39 Å². The molecule has 2 aromatic rings. The number of nitrogens with zero attached hydrogens (tertiary/aromatic N) is 2. The largest absolute Gasteiger partial charge is 0.450 e. The van der Waals surface area contributed by atoms with Crippen molar-refractivity contribution in [1.29, 1.82) is 0 Å². The molecule has 1 saturated carbocycles. The normalized spacial score (nSPS) is 19.9. The van der Waals surface area contributed by atoms with Gasteiger partial charge in [0.25, 0.3) is 0 Å². The lowest BCUT2D eigenvalue weighted by Gasteiger charge is -2.20. The monoisotopic (exact) mass is 356 g/mol. The molecule has 1 heterocycles. The molecule has 2 aliphatic carbocycles. The maximum atomic E-state index is 13.2. The van der Waals surface area contributed by atoms with Crippen LogP contribution in [-0.2, 0) is 22.4 Å². The Hall–Kier alpha value is -2.50. The molecule has 6 heteroatoms. The Labute approximate surface area is 151 Å². The number of hydrogen-bond acceptors (Lipinski definition) is 4. The number of rotatable bonds is 3. The summed E-state index contributed by atoms with van der Waals surface area (Å²) in [7, 11) is 0. The van der Waals surface area contributed by atoms with Crippen molar-refractivity contribution in [2.45, 2.75) is 57.5 Å². The van der Waals surface area contributed by atoms with E-state index < -0.39 is 12.1 Å². The summed E-state index contributed by atoms with van der Waals surface area (Å²) in [4.78, 5) is 24.7. The molecule has 5 nitrogen and oxygen atoms in total. The van der Waals surface area contributed by atoms with Gasteiger partial charge in [-0.15, -0.1) is 0 Å². The number of Topliss-reactive ketones (excluding diaryl/α,β-unsaturated/α-hetero) is 1. The standard InChI is InChI=1S/C20H21FN2O3/c21-13-9-11-14(12-10-13)23-16-6-2-1-5-15(16)19(22-23)20(25)26-18-8-4-3-7-17(18)24/h9-12,18H,1-8H2/t18-/m1/s1. The van der Waals surface area contributed by atoms with Crippen LogP contribution in [0.5, 0.6) is 0 Å². The highest BCUT2D eigenvalue weighted by Gasteiger charge is 2.31. The summed E-state index contributed by atoms with van der Waals surface area (Å²) in [6.45, 7) is 0. The van der Waals surface area contributed by atoms with Crippen LogP contribution < -0.4 is 0 Å². The Bertz CT molecular complexity index is 841. The SMILES string of the molecule is O=C(O[C@@H]1CCCCC1=O)c1nn(-c2ccc(F)cc2)c2c1CCCC2. The number of benzene rings is 1. The van der Waals surface area contributed by atoms with Crippen LogP contribution in [0, 0.1) is 5.82 Å². The van der Waals surface area contributed by atoms with Crippen molar-refractivity contribution in [2.24, 2.45) is 0 Å². The second kappa shape index (κ2) is 7.02. The van der Waals surface area contributed by atoms with Crippen molar-refractivity contribution in [1.82, 2.24) is 9.78 Å². The van der Waals surface area contributed by atoms with Gasteiger partial charge in [-0.05, 0) is 69.2 Å². The fourth-order valence-corrected chi connectivity index (χ4v) is 3.82. The van der Waals surface area contributed by atoms with E-state index in [1.54, 1.807) is 16.8 Å². The van der Waals surface area contributed by atoms with E-state index in [-0.39, 0.29) is 11.6 Å². The summed E-state index contributed by atoms with van der Waals surface area (Å²) >= 11 is 0. The lowest BCUT2D eigenvalue weighted by molar-refractivity contribution is -0.129. The van der Waals surface area contributed by atoms with Gasteiger partial charge in [0.2, 0.25) is 0 Å². The quantitative estimate of drug-likeness (QED) is 0.789. The zero-order valence-electron chi connectivity index (χ0n) is 14.5. The van der Waals surface area contributed by atoms with E-state index in [4.69, 9.17) is 4.74 Å². The van der Waals surface area contributed by atoms with Crippen molar-refractivity contribution in [2.75, 3.05) is 0 Å². The first-order valence-corrected chi connectivity index (χ1v) is 9.24. The number of ketones is 1. The first-order valence-electron chi connectivity index (χ1n) is 9.24. The summed E-state index contributed by atoms with van der Waals surface area (Å²) in [6.07, 6.45) is 5.76. The number of fused-ring (bicyclic) bond motifs is 1. The number of hydrogen-bond donors (Lipinski definition) is 0. The maximum absolute atomic E-state index is 13.2. The van der Waals surface area contributed by atoms with Crippen LogP contribution >= 0.6 is 0 Å². The Kier molecular flexibility index (Phi) is 4.57. The van der Waals surface area contributed by atoms with E-state index in [2.05, 4.69) is 5.10 Å². The third-order valence-electron chi connectivity index (χ3n) is 5.19. The topological polar surface area (TPSA) is 61.2 Å². The van der Waals surface area contributed by atoms with Crippen molar-refractivity contribution >= 4 is 11.8 Å². The van der Waals surface area contributed by atoms with Crippen LogP contribution in [0.2, 0.25) is 0 Å². The van der Waals surface area contributed by atoms with Crippen molar-refractivity contribution < 1.29 is 18.7 Å². The van der Waals surface area contributed by atoms with E-state index in [1.165, 1.54) is 12.1 Å². The molecular formula is C20H21FN2O3. The molecule has 0 bridgehead atoms. The summed E-state index contributed by atoms with van der Waals surface area (Å²) < 4.78 is 20.5. The number of ether oxygens (including phenoxy) is 1. The molecule has 0 N–H and O–H groups in total. The van der Waals surface area contributed by atoms with Crippen LogP contribution in [0.1, 0.15) is 60.3 Å². The molecule has 4 rings (SSSR count). The number of carbonyl (C=O) groups excluding carboxylic acids is 2. The molecule has 0 unspecified atom stereocenters. The Balaban J connectivity index is 1.66. The molecule has 0 spiro atoms. The Morgan fingerprint density at radius 2 is 1.81 bits per heavy atom. The van der Waals surface area contributed by atoms with Gasteiger partial charge < -0.3 is 4.74 Å². The summed E-state index contributed by atoms with van der Waals surface area (Å²) in [5.41, 5.74) is 2.89. The average Bonchev–Trinajstić information content (AvgIpc) is 3.04. The third-order valence-corrected chi connectivity index (χ3v) is 5.19. The van der Waals surface area contributed by atoms with Gasteiger partial charge in [0, 0.05) is 17.7 Å². The van der Waals surface area contributed by atoms with Gasteiger partial charge in [-0.25, -0.2) is 13.9 Å². The van der Waals surface area contributed by atoms with Gasteiger partial charge in [0.05, 0.1) is 5.69 Å². The number of halogens is 1. The highest BCUT2D eigenvalue weighted by molar-refractivity contribution is 5.93. The molecule has 0 radical (unpaired) electrons. The molecule has 136 valence electrons. The van der Waals surface area contributed by atoms with Crippen molar-refractivity contribution in [3.8, 4) is 5.69 Å². The molecule has 0 aliphatic heterocycles. The summed E-state index contributed by atoms with van der Waals surface area (Å²) in [5, 5.41) is 4.49. The molecule has 0 amide bonds. The van der Waals surface area contributed by atoms with Gasteiger partial charge in [0.1, 0.15) is 5.82 Å². The Morgan fingerprint density at radius 1 is 1.08 bits per heavy atom.